The van der Waals surface area contributed by atoms with E-state index in [0.29, 0.717) is 18.5 Å². The number of aryl methyl sites for hydroxylation is 1. The van der Waals surface area contributed by atoms with Gasteiger partial charge in [0, 0.05) is 43.9 Å². The third kappa shape index (κ3) is 6.38. The third-order valence-electron chi connectivity index (χ3n) is 7.98. The van der Waals surface area contributed by atoms with Crippen LogP contribution < -0.4 is 0 Å². The molecule has 7 nitrogen and oxygen atoms in total. The molecule has 1 aromatic heterocycles. The van der Waals surface area contributed by atoms with Crippen molar-refractivity contribution in [2.24, 2.45) is 13.0 Å². The number of halogens is 3. The second-order valence-electron chi connectivity index (χ2n) is 10.8. The molecule has 1 saturated carbocycles. The van der Waals surface area contributed by atoms with Crippen LogP contribution in [0.25, 0.3) is 11.1 Å². The van der Waals surface area contributed by atoms with Gasteiger partial charge in [-0.3, -0.25) is 14.4 Å². The molecule has 2 aromatic carbocycles. The number of nitrogens with zero attached hydrogens (tertiary/aromatic N) is 4. The molecule has 3 aromatic rings. The number of aromatic nitrogens is 2. The molecule has 0 spiro atoms. The van der Waals surface area contributed by atoms with Gasteiger partial charge in [0.05, 0.1) is 18.9 Å². The molecule has 1 saturated heterocycles. The van der Waals surface area contributed by atoms with Crippen LogP contribution in [-0.2, 0) is 23.1 Å². The van der Waals surface area contributed by atoms with Gasteiger partial charge in [0.2, 0.25) is 0 Å². The van der Waals surface area contributed by atoms with Gasteiger partial charge in [-0.25, -0.2) is 4.79 Å². The summed E-state index contributed by atoms with van der Waals surface area (Å²) >= 11 is 0. The van der Waals surface area contributed by atoms with Crippen LogP contribution in [0.3, 0.4) is 0 Å². The van der Waals surface area contributed by atoms with Gasteiger partial charge < -0.3 is 9.64 Å². The van der Waals surface area contributed by atoms with Crippen LogP contribution in [0.2, 0.25) is 0 Å². The van der Waals surface area contributed by atoms with E-state index in [1.165, 1.54) is 7.11 Å². The van der Waals surface area contributed by atoms with Crippen LogP contribution in [0.5, 0.6) is 0 Å². The highest BCUT2D eigenvalue weighted by molar-refractivity contribution is 5.89. The molecule has 10 heteroatoms. The summed E-state index contributed by atoms with van der Waals surface area (Å²) in [5.74, 6) is -2.20. The monoisotopic (exact) mass is 554 g/mol. The van der Waals surface area contributed by atoms with Crippen molar-refractivity contribution in [1.82, 2.24) is 19.6 Å². The Morgan fingerprint density at radius 3 is 2.27 bits per heavy atom. The second kappa shape index (κ2) is 11.4. The minimum Gasteiger partial charge on any atom is -0.465 e. The maximum absolute atomic E-state index is 13.6. The molecular formula is C30H33F3N4O3. The Morgan fingerprint density at radius 1 is 1.02 bits per heavy atom. The normalized spacial score (nSPS) is 19.8. The van der Waals surface area contributed by atoms with E-state index < -0.39 is 18.1 Å². The number of esters is 1. The van der Waals surface area contributed by atoms with Gasteiger partial charge in [0.25, 0.3) is 0 Å². The summed E-state index contributed by atoms with van der Waals surface area (Å²) in [4.78, 5) is 27.5. The van der Waals surface area contributed by atoms with Gasteiger partial charge in [0.1, 0.15) is 0 Å². The van der Waals surface area contributed by atoms with Crippen molar-refractivity contribution in [1.29, 1.82) is 0 Å². The van der Waals surface area contributed by atoms with E-state index in [0.717, 1.165) is 53.1 Å². The number of amides is 1. The summed E-state index contributed by atoms with van der Waals surface area (Å²) in [5, 5.41) is 4.18. The molecule has 1 amide bonds. The first-order valence-electron chi connectivity index (χ1n) is 13.5. The van der Waals surface area contributed by atoms with E-state index in [2.05, 4.69) is 10.00 Å². The zero-order valence-corrected chi connectivity index (χ0v) is 22.6. The Morgan fingerprint density at radius 2 is 1.70 bits per heavy atom. The van der Waals surface area contributed by atoms with Gasteiger partial charge in [-0.05, 0) is 67.1 Å². The lowest BCUT2D eigenvalue weighted by atomic mass is 9.95. The van der Waals surface area contributed by atoms with E-state index in [4.69, 9.17) is 4.74 Å². The molecule has 2 fully saturated rings. The number of carbonyl (C=O) groups excluding carboxylic acids is 2. The number of piperidine rings is 1. The molecule has 2 heterocycles. The second-order valence-corrected chi connectivity index (χ2v) is 10.8. The first-order chi connectivity index (χ1) is 19.1. The average molecular weight is 555 g/mol. The SMILES string of the molecule is COC(=O)c1ccc(CN2CCC(CN(C(=O)C(F)(F)F)[C@@H]3C[C@H]3c3ccc(-c4cnn(C)c4)cc3)CC2)cc1. The third-order valence-corrected chi connectivity index (χ3v) is 7.98. The first kappa shape index (κ1) is 27.9. The lowest BCUT2D eigenvalue weighted by Crippen LogP contribution is -2.47. The maximum atomic E-state index is 13.6. The molecule has 212 valence electrons. The molecule has 5 rings (SSSR count). The molecule has 1 aliphatic carbocycles. The van der Waals surface area contributed by atoms with Crippen LogP contribution >= 0.6 is 0 Å². The Hall–Kier alpha value is -3.66. The summed E-state index contributed by atoms with van der Waals surface area (Å²) in [5.41, 5.74) is 4.45. The average Bonchev–Trinajstić information content (AvgIpc) is 3.63. The Balaban J connectivity index is 1.18. The van der Waals surface area contributed by atoms with Crippen LogP contribution in [0.4, 0.5) is 13.2 Å². The van der Waals surface area contributed by atoms with Crippen molar-refractivity contribution in [2.75, 3.05) is 26.7 Å². The summed E-state index contributed by atoms with van der Waals surface area (Å²) in [6, 6.07) is 14.6. The van der Waals surface area contributed by atoms with Crippen LogP contribution in [-0.4, -0.2) is 70.4 Å². The minimum atomic E-state index is -4.89. The van der Waals surface area contributed by atoms with Gasteiger partial charge in [-0.2, -0.15) is 18.3 Å². The zero-order chi connectivity index (χ0) is 28.4. The number of ether oxygens (including phenoxy) is 1. The first-order valence-corrected chi connectivity index (χ1v) is 13.5. The van der Waals surface area contributed by atoms with E-state index in [1.54, 1.807) is 23.0 Å². The topological polar surface area (TPSA) is 67.7 Å². The van der Waals surface area contributed by atoms with Gasteiger partial charge in [-0.1, -0.05) is 36.4 Å². The molecule has 2 atom stereocenters. The summed E-state index contributed by atoms with van der Waals surface area (Å²) < 4.78 is 47.2. The number of benzene rings is 2. The smallest absolute Gasteiger partial charge is 0.465 e. The number of hydrogen-bond donors (Lipinski definition) is 0. The molecule has 0 unspecified atom stereocenters. The van der Waals surface area contributed by atoms with Crippen molar-refractivity contribution in [3.05, 3.63) is 77.6 Å². The van der Waals surface area contributed by atoms with Crippen LogP contribution in [0.1, 0.15) is 46.7 Å². The van der Waals surface area contributed by atoms with Gasteiger partial charge in [-0.15, -0.1) is 0 Å². The van der Waals surface area contributed by atoms with Crippen molar-refractivity contribution in [2.45, 2.75) is 43.9 Å². The number of carbonyl (C=O) groups is 2. The Bertz CT molecular complexity index is 1330. The molecule has 0 bridgehead atoms. The van der Waals surface area contributed by atoms with E-state index >= 15 is 0 Å². The van der Waals surface area contributed by atoms with Crippen molar-refractivity contribution < 1.29 is 27.5 Å². The highest BCUT2D eigenvalue weighted by Crippen LogP contribution is 2.46. The maximum Gasteiger partial charge on any atom is 0.471 e. The van der Waals surface area contributed by atoms with E-state index in [-0.39, 0.29) is 24.3 Å². The Kier molecular flexibility index (Phi) is 7.98. The molecule has 2 aliphatic rings. The lowest BCUT2D eigenvalue weighted by molar-refractivity contribution is -0.187. The van der Waals surface area contributed by atoms with Crippen LogP contribution in [0.15, 0.2) is 60.9 Å². The highest BCUT2D eigenvalue weighted by Gasteiger charge is 2.52. The van der Waals surface area contributed by atoms with Crippen LogP contribution in [0, 0.1) is 5.92 Å². The van der Waals surface area contributed by atoms with Crippen molar-refractivity contribution >= 4 is 11.9 Å². The van der Waals surface area contributed by atoms with Gasteiger partial charge in [0.15, 0.2) is 0 Å². The summed E-state index contributed by atoms with van der Waals surface area (Å²) in [6.45, 7) is 2.29. The molecule has 40 heavy (non-hydrogen) atoms. The molecule has 0 radical (unpaired) electrons. The summed E-state index contributed by atoms with van der Waals surface area (Å²) in [7, 11) is 3.18. The van der Waals surface area contributed by atoms with Crippen molar-refractivity contribution in [3.63, 3.8) is 0 Å². The van der Waals surface area contributed by atoms with Gasteiger partial charge >= 0.3 is 18.1 Å². The largest absolute Gasteiger partial charge is 0.471 e. The fourth-order valence-electron chi connectivity index (χ4n) is 5.64. The highest BCUT2D eigenvalue weighted by atomic mass is 19.4. The minimum absolute atomic E-state index is 0.0125. The lowest BCUT2D eigenvalue weighted by Gasteiger charge is -2.35. The predicted octanol–water partition coefficient (Wildman–Crippen LogP) is 5.03. The number of alkyl halides is 3. The predicted molar refractivity (Wildman–Crippen MR) is 143 cm³/mol. The van der Waals surface area contributed by atoms with E-state index in [1.807, 2.05) is 49.6 Å². The van der Waals surface area contributed by atoms with Crippen molar-refractivity contribution in [3.8, 4) is 11.1 Å². The molecule has 1 aliphatic heterocycles. The number of likely N-dealkylation sites (tertiary alicyclic amines) is 1. The molecular weight excluding hydrogens is 521 g/mol. The fourth-order valence-corrected chi connectivity index (χ4v) is 5.64. The fraction of sp³-hybridized carbons (Fsp3) is 0.433. The number of methoxy groups -OCH3 is 1. The quantitative estimate of drug-likeness (QED) is 0.366. The summed E-state index contributed by atoms with van der Waals surface area (Å²) in [6.07, 6.45) is 0.760. The number of rotatable bonds is 8. The zero-order valence-electron chi connectivity index (χ0n) is 22.6. The Labute approximate surface area is 231 Å². The van der Waals surface area contributed by atoms with E-state index in [9.17, 15) is 22.8 Å². The number of hydrogen-bond acceptors (Lipinski definition) is 5. The molecule has 0 N–H and O–H groups in total. The standard InChI is InChI=1S/C30H33F3N4O3/c1-35-19-25(16-34-35)22-7-9-23(10-8-22)26-15-27(26)37(29(39)30(31,32)33)18-21-11-13-36(14-12-21)17-20-3-5-24(6-4-20)28(38)40-2/h3-10,16,19,21,26-27H,11-15,17-18H2,1-2H3/t26-,27+/m0/s1.